The van der Waals surface area contributed by atoms with Gasteiger partial charge in [-0.15, -0.1) is 0 Å². The number of rotatable bonds is 2. The van der Waals surface area contributed by atoms with Crippen LogP contribution in [-0.2, 0) is 32.5 Å². The second-order valence-electron chi connectivity index (χ2n) is 22.5. The summed E-state index contributed by atoms with van der Waals surface area (Å²) >= 11 is 0. The minimum atomic E-state index is 0.0265. The molecule has 0 atom stereocenters. The molecule has 10 rings (SSSR count). The summed E-state index contributed by atoms with van der Waals surface area (Å²) in [6.45, 7) is 30.3. The minimum Gasteiger partial charge on any atom is -0.311 e. The molecule has 0 unspecified atom stereocenters. The molecule has 0 bridgehead atoms. The Hall–Kier alpha value is -4.04. The summed E-state index contributed by atoms with van der Waals surface area (Å²) in [4.78, 5) is 2.84. The first kappa shape index (κ1) is 36.3. The van der Waals surface area contributed by atoms with Gasteiger partial charge in [-0.3, -0.25) is 0 Å². The van der Waals surface area contributed by atoms with E-state index < -0.39 is 0 Å². The highest BCUT2D eigenvalue weighted by Crippen LogP contribution is 2.58. The average molecular weight is 736 g/mol. The maximum absolute atomic E-state index is 2.84. The lowest BCUT2D eigenvalue weighted by Gasteiger charge is -2.49. The summed E-state index contributed by atoms with van der Waals surface area (Å²) in [6, 6.07) is 34.0. The molecule has 0 fully saturated rings. The van der Waals surface area contributed by atoms with Crippen molar-refractivity contribution in [2.45, 2.75) is 154 Å². The Bertz CT molecular complexity index is 2490. The third kappa shape index (κ3) is 4.86. The fourth-order valence-corrected chi connectivity index (χ4v) is 12.4. The molecule has 5 aromatic rings. The maximum Gasteiger partial charge on any atom is 0.248 e. The maximum atomic E-state index is 2.84. The van der Waals surface area contributed by atoms with Crippen molar-refractivity contribution in [2.24, 2.45) is 0 Å². The zero-order valence-electron chi connectivity index (χ0n) is 36.4. The molecule has 0 saturated heterocycles. The van der Waals surface area contributed by atoms with Crippen molar-refractivity contribution in [1.29, 1.82) is 0 Å². The van der Waals surface area contributed by atoms with Gasteiger partial charge in [0.05, 0.1) is 5.69 Å². The number of fused-ring (bicyclic) bond motifs is 10. The topological polar surface area (TPSA) is 3.24 Å². The first-order valence-electron chi connectivity index (χ1n) is 21.8. The number of hydrogen-bond donors (Lipinski definition) is 0. The molecule has 0 spiro atoms. The normalized spacial score (nSPS) is 21.9. The van der Waals surface area contributed by atoms with E-state index in [1.807, 2.05) is 0 Å². The third-order valence-corrected chi connectivity index (χ3v) is 16.0. The van der Waals surface area contributed by atoms with Gasteiger partial charge in [0.1, 0.15) is 0 Å². The van der Waals surface area contributed by atoms with Crippen molar-refractivity contribution in [3.63, 3.8) is 0 Å². The van der Waals surface area contributed by atoms with Crippen LogP contribution in [0.15, 0.2) is 84.9 Å². The highest BCUT2D eigenvalue weighted by molar-refractivity contribution is 7.01. The molecule has 5 aliphatic rings. The molecular formula is C54H62BN. The van der Waals surface area contributed by atoms with Gasteiger partial charge in [0.2, 0.25) is 6.71 Å². The lowest BCUT2D eigenvalue weighted by atomic mass is 9.36. The van der Waals surface area contributed by atoms with Crippen LogP contribution in [0, 0.1) is 0 Å². The Kier molecular flexibility index (Phi) is 7.35. The molecule has 0 aromatic heterocycles. The molecule has 0 radical (unpaired) electrons. The second kappa shape index (κ2) is 11.3. The van der Waals surface area contributed by atoms with Gasteiger partial charge < -0.3 is 4.90 Å². The van der Waals surface area contributed by atoms with E-state index in [4.69, 9.17) is 0 Å². The zero-order chi connectivity index (χ0) is 39.5. The molecule has 2 heterocycles. The largest absolute Gasteiger partial charge is 0.311 e. The van der Waals surface area contributed by atoms with E-state index in [0.29, 0.717) is 0 Å². The number of anilines is 3. The van der Waals surface area contributed by atoms with Crippen LogP contribution < -0.4 is 21.3 Å². The fraction of sp³-hybridized carbons (Fsp3) is 0.444. The van der Waals surface area contributed by atoms with E-state index >= 15 is 0 Å². The SMILES string of the molecule is CC1(C)CCC(C)(C)c2c(N3c4cc(-c5ccccc5)cc5c4B(c4ccc6c(c4-5)C(C)(C)CCC6(C)C)c4ccc5c(c43)C(C)(C)CCC5(C)C)cccc21. The van der Waals surface area contributed by atoms with E-state index in [9.17, 15) is 0 Å². The highest BCUT2D eigenvalue weighted by atomic mass is 15.2. The van der Waals surface area contributed by atoms with Gasteiger partial charge in [-0.2, -0.15) is 0 Å². The first-order chi connectivity index (χ1) is 26.3. The molecule has 0 saturated carbocycles. The van der Waals surface area contributed by atoms with Crippen molar-refractivity contribution in [3.8, 4) is 22.3 Å². The standard InChI is InChI=1S/C54H62BN/c1-49(2)25-28-52(7,8)44-36(49)19-16-20-41(44)56-42-32-34(33-17-14-13-15-18-33)31-35-43-39(23-21-37-45(43)53(9,10)29-26-50(37,3)4)55(47(35)42)40-24-22-38-46(48(40)56)54(11,12)30-27-51(38,5)6/h13-24,31-32H,25-30H2,1-12H3. The Balaban J connectivity index is 1.41. The van der Waals surface area contributed by atoms with Crippen LogP contribution in [0.1, 0.15) is 155 Å². The monoisotopic (exact) mass is 735 g/mol. The Morgan fingerprint density at radius 3 is 1.57 bits per heavy atom. The van der Waals surface area contributed by atoms with Crippen LogP contribution in [0.5, 0.6) is 0 Å². The van der Waals surface area contributed by atoms with Gasteiger partial charge in [0.15, 0.2) is 0 Å². The summed E-state index contributed by atoms with van der Waals surface area (Å²) in [6.07, 6.45) is 7.20. The summed E-state index contributed by atoms with van der Waals surface area (Å²) in [5.74, 6) is 0. The van der Waals surface area contributed by atoms with Crippen molar-refractivity contribution >= 4 is 40.2 Å². The Labute approximate surface area is 338 Å². The minimum absolute atomic E-state index is 0.0265. The van der Waals surface area contributed by atoms with Crippen LogP contribution in [0.25, 0.3) is 22.3 Å². The molecule has 1 nitrogen and oxygen atoms in total. The van der Waals surface area contributed by atoms with Gasteiger partial charge in [-0.1, -0.05) is 155 Å². The first-order valence-corrected chi connectivity index (χ1v) is 21.8. The molecule has 3 aliphatic carbocycles. The summed E-state index contributed by atoms with van der Waals surface area (Å²) in [7, 11) is 0. The van der Waals surface area contributed by atoms with E-state index in [-0.39, 0.29) is 39.2 Å². The number of nitrogens with zero attached hydrogens (tertiary/aromatic N) is 1. The predicted octanol–water partition coefficient (Wildman–Crippen LogP) is 12.7. The van der Waals surface area contributed by atoms with Gasteiger partial charge in [-0.05, 0) is 156 Å². The fourth-order valence-electron chi connectivity index (χ4n) is 12.4. The lowest BCUT2D eigenvalue weighted by Crippen LogP contribution is -2.56. The molecule has 286 valence electrons. The third-order valence-electron chi connectivity index (χ3n) is 16.0. The van der Waals surface area contributed by atoms with Crippen molar-refractivity contribution in [2.75, 3.05) is 4.90 Å². The smallest absolute Gasteiger partial charge is 0.248 e. The predicted molar refractivity (Wildman–Crippen MR) is 243 cm³/mol. The summed E-state index contributed by atoms with van der Waals surface area (Å²) in [5, 5.41) is 0. The van der Waals surface area contributed by atoms with Crippen LogP contribution in [0.3, 0.4) is 0 Å². The van der Waals surface area contributed by atoms with Crippen molar-refractivity contribution < 1.29 is 0 Å². The summed E-state index contributed by atoms with van der Waals surface area (Å²) < 4.78 is 0. The van der Waals surface area contributed by atoms with E-state index in [2.05, 4.69) is 173 Å². The van der Waals surface area contributed by atoms with E-state index in [1.54, 1.807) is 22.3 Å². The van der Waals surface area contributed by atoms with Crippen molar-refractivity contribution in [1.82, 2.24) is 0 Å². The van der Waals surface area contributed by atoms with Gasteiger partial charge in [0, 0.05) is 11.4 Å². The van der Waals surface area contributed by atoms with E-state index in [1.165, 1.54) is 105 Å². The molecular weight excluding hydrogens is 673 g/mol. The average Bonchev–Trinajstić information content (AvgIpc) is 3.49. The van der Waals surface area contributed by atoms with Crippen LogP contribution in [0.4, 0.5) is 17.1 Å². The molecule has 2 heteroatoms. The molecule has 0 N–H and O–H groups in total. The van der Waals surface area contributed by atoms with Crippen LogP contribution in [0.2, 0.25) is 0 Å². The number of hydrogen-bond acceptors (Lipinski definition) is 1. The zero-order valence-corrected chi connectivity index (χ0v) is 36.4. The van der Waals surface area contributed by atoms with Crippen LogP contribution in [-0.4, -0.2) is 6.71 Å². The van der Waals surface area contributed by atoms with Gasteiger partial charge >= 0.3 is 0 Å². The van der Waals surface area contributed by atoms with Crippen molar-refractivity contribution in [3.05, 3.63) is 118 Å². The van der Waals surface area contributed by atoms with Gasteiger partial charge in [-0.25, -0.2) is 0 Å². The Morgan fingerprint density at radius 1 is 0.429 bits per heavy atom. The van der Waals surface area contributed by atoms with Crippen LogP contribution >= 0.6 is 0 Å². The quantitative estimate of drug-likeness (QED) is 0.160. The second-order valence-corrected chi connectivity index (χ2v) is 22.5. The highest BCUT2D eigenvalue weighted by Gasteiger charge is 2.51. The molecule has 5 aromatic carbocycles. The van der Waals surface area contributed by atoms with Gasteiger partial charge in [0.25, 0.3) is 0 Å². The molecule has 56 heavy (non-hydrogen) atoms. The molecule has 0 amide bonds. The van der Waals surface area contributed by atoms with E-state index in [0.717, 1.165) is 0 Å². The number of benzene rings is 5. The lowest BCUT2D eigenvalue weighted by molar-refractivity contribution is 0.331. The summed E-state index contributed by atoms with van der Waals surface area (Å²) in [5.41, 5.74) is 24.2. The Morgan fingerprint density at radius 2 is 0.946 bits per heavy atom. The molecule has 2 aliphatic heterocycles.